The number of benzene rings is 1. The maximum Gasteiger partial charge on any atom is 0.235 e. The second-order valence-electron chi connectivity index (χ2n) is 3.72. The molecule has 0 bridgehead atoms. The first-order valence-electron chi connectivity index (χ1n) is 4.72. The van der Waals surface area contributed by atoms with Gasteiger partial charge in [0.05, 0.1) is 10.6 Å². The highest BCUT2D eigenvalue weighted by molar-refractivity contribution is 6.30. The topological polar surface area (TPSA) is 29.4 Å². The number of halogens is 2. The van der Waals surface area contributed by atoms with Crippen LogP contribution in [-0.2, 0) is 10.3 Å². The lowest BCUT2D eigenvalue weighted by Gasteiger charge is -2.37. The summed E-state index contributed by atoms with van der Waals surface area (Å²) in [6.45, 7) is 0. The molecule has 0 spiro atoms. The quantitative estimate of drug-likeness (QED) is 0.561. The fourth-order valence-electron chi connectivity index (χ4n) is 1.85. The first kappa shape index (κ1) is 10.3. The van der Waals surface area contributed by atoms with Gasteiger partial charge in [-0.25, -0.2) is 9.18 Å². The second kappa shape index (κ2) is 3.76. The van der Waals surface area contributed by atoms with Gasteiger partial charge in [-0.1, -0.05) is 17.7 Å². The maximum absolute atomic E-state index is 13.0. The summed E-state index contributed by atoms with van der Waals surface area (Å²) in [5.74, 6) is -0.454. The molecule has 0 radical (unpaired) electrons. The standard InChI is InChI=1S/C11H9ClFNO/c12-9-6-8(2-3-10(9)13)11(14-7-15)4-1-5-11/h2-3,6H,1,4-5H2. The van der Waals surface area contributed by atoms with Crippen LogP contribution in [0.3, 0.4) is 0 Å². The van der Waals surface area contributed by atoms with Crippen LogP contribution in [0, 0.1) is 5.82 Å². The van der Waals surface area contributed by atoms with Crippen LogP contribution >= 0.6 is 11.6 Å². The van der Waals surface area contributed by atoms with Gasteiger partial charge in [-0.15, -0.1) is 0 Å². The molecule has 2 nitrogen and oxygen atoms in total. The number of nitrogens with zero attached hydrogens (tertiary/aromatic N) is 1. The van der Waals surface area contributed by atoms with Crippen LogP contribution in [0.4, 0.5) is 4.39 Å². The molecule has 0 amide bonds. The summed E-state index contributed by atoms with van der Waals surface area (Å²) in [5.41, 5.74) is 0.294. The lowest BCUT2D eigenvalue weighted by molar-refractivity contribution is 0.256. The Labute approximate surface area is 91.8 Å². The van der Waals surface area contributed by atoms with E-state index in [1.807, 2.05) is 0 Å². The minimum absolute atomic E-state index is 0.0693. The zero-order valence-corrected chi connectivity index (χ0v) is 8.72. The van der Waals surface area contributed by atoms with E-state index < -0.39 is 11.4 Å². The SMILES string of the molecule is O=C=NC1(c2ccc(F)c(Cl)c2)CCC1. The van der Waals surface area contributed by atoms with Gasteiger partial charge in [-0.2, -0.15) is 4.99 Å². The van der Waals surface area contributed by atoms with Crippen molar-refractivity contribution in [2.24, 2.45) is 4.99 Å². The van der Waals surface area contributed by atoms with E-state index >= 15 is 0 Å². The minimum atomic E-state index is -0.501. The van der Waals surface area contributed by atoms with Crippen molar-refractivity contribution >= 4 is 17.7 Å². The Hall–Kier alpha value is -1.18. The van der Waals surface area contributed by atoms with Crippen LogP contribution in [0.15, 0.2) is 23.2 Å². The highest BCUT2D eigenvalue weighted by Gasteiger charge is 2.39. The first-order valence-corrected chi connectivity index (χ1v) is 5.10. The van der Waals surface area contributed by atoms with Crippen molar-refractivity contribution in [3.63, 3.8) is 0 Å². The van der Waals surface area contributed by atoms with Crippen molar-refractivity contribution in [2.75, 3.05) is 0 Å². The van der Waals surface area contributed by atoms with Gasteiger partial charge in [-0.3, -0.25) is 0 Å². The summed E-state index contributed by atoms with van der Waals surface area (Å²) in [7, 11) is 0. The van der Waals surface area contributed by atoms with E-state index in [0.29, 0.717) is 0 Å². The summed E-state index contributed by atoms with van der Waals surface area (Å²) >= 11 is 5.69. The highest BCUT2D eigenvalue weighted by Crippen LogP contribution is 2.45. The van der Waals surface area contributed by atoms with Gasteiger partial charge in [0.2, 0.25) is 6.08 Å². The zero-order valence-electron chi connectivity index (χ0n) is 7.96. The van der Waals surface area contributed by atoms with Crippen molar-refractivity contribution in [3.8, 4) is 0 Å². The van der Waals surface area contributed by atoms with E-state index in [9.17, 15) is 9.18 Å². The average Bonchev–Trinajstić information content (AvgIpc) is 2.16. The van der Waals surface area contributed by atoms with Crippen molar-refractivity contribution < 1.29 is 9.18 Å². The molecule has 1 fully saturated rings. The lowest BCUT2D eigenvalue weighted by Crippen LogP contribution is -2.31. The predicted molar refractivity (Wildman–Crippen MR) is 55.1 cm³/mol. The van der Waals surface area contributed by atoms with Crippen LogP contribution in [0.1, 0.15) is 24.8 Å². The van der Waals surface area contributed by atoms with Crippen LogP contribution in [0.25, 0.3) is 0 Å². The number of carbonyl (C=O) groups excluding carboxylic acids is 1. The third-order valence-electron chi connectivity index (χ3n) is 2.90. The Kier molecular flexibility index (Phi) is 2.59. The zero-order chi connectivity index (χ0) is 10.9. The van der Waals surface area contributed by atoms with E-state index in [1.54, 1.807) is 12.1 Å². The Morgan fingerprint density at radius 3 is 2.67 bits per heavy atom. The Morgan fingerprint density at radius 2 is 2.20 bits per heavy atom. The fraction of sp³-hybridized carbons (Fsp3) is 0.364. The number of isocyanates is 1. The average molecular weight is 226 g/mol. The molecule has 1 saturated carbocycles. The minimum Gasteiger partial charge on any atom is -0.211 e. The molecule has 0 aromatic heterocycles. The second-order valence-corrected chi connectivity index (χ2v) is 4.12. The first-order chi connectivity index (χ1) is 7.18. The maximum atomic E-state index is 13.0. The molecule has 0 N–H and O–H groups in total. The number of hydrogen-bond donors (Lipinski definition) is 0. The van der Waals surface area contributed by atoms with Crippen molar-refractivity contribution in [1.82, 2.24) is 0 Å². The lowest BCUT2D eigenvalue weighted by atomic mass is 9.72. The van der Waals surface area contributed by atoms with Crippen LogP contribution in [0.5, 0.6) is 0 Å². The molecule has 1 aromatic rings. The van der Waals surface area contributed by atoms with Gasteiger partial charge in [-0.05, 0) is 37.0 Å². The van der Waals surface area contributed by atoms with Gasteiger partial charge < -0.3 is 0 Å². The largest absolute Gasteiger partial charge is 0.235 e. The molecule has 4 heteroatoms. The molecule has 0 atom stereocenters. The third kappa shape index (κ3) is 1.69. The van der Waals surface area contributed by atoms with E-state index in [4.69, 9.17) is 11.6 Å². The van der Waals surface area contributed by atoms with Crippen LogP contribution in [-0.4, -0.2) is 6.08 Å². The van der Waals surface area contributed by atoms with Crippen molar-refractivity contribution in [2.45, 2.75) is 24.8 Å². The fourth-order valence-corrected chi connectivity index (χ4v) is 2.03. The molecule has 0 unspecified atom stereocenters. The Bertz CT molecular complexity index is 436. The van der Waals surface area contributed by atoms with E-state index in [-0.39, 0.29) is 5.02 Å². The van der Waals surface area contributed by atoms with Crippen LogP contribution in [0.2, 0.25) is 5.02 Å². The van der Waals surface area contributed by atoms with Crippen molar-refractivity contribution in [3.05, 3.63) is 34.6 Å². The number of hydrogen-bond acceptors (Lipinski definition) is 2. The summed E-state index contributed by atoms with van der Waals surface area (Å²) < 4.78 is 13.0. The molecule has 78 valence electrons. The highest BCUT2D eigenvalue weighted by atomic mass is 35.5. The number of aliphatic imine (C=N–C) groups is 1. The molecular weight excluding hydrogens is 217 g/mol. The molecule has 0 aliphatic heterocycles. The van der Waals surface area contributed by atoms with Gasteiger partial charge >= 0.3 is 0 Å². The van der Waals surface area contributed by atoms with Gasteiger partial charge in [0, 0.05) is 0 Å². The van der Waals surface area contributed by atoms with Gasteiger partial charge in [0.15, 0.2) is 0 Å². The molecule has 1 aromatic carbocycles. The summed E-state index contributed by atoms with van der Waals surface area (Å²) in [5, 5.41) is 0.0693. The summed E-state index contributed by atoms with van der Waals surface area (Å²) in [6.07, 6.45) is 4.19. The molecule has 1 aliphatic carbocycles. The predicted octanol–water partition coefficient (Wildman–Crippen LogP) is 3.19. The molecule has 2 rings (SSSR count). The molecular formula is C11H9ClFNO. The molecule has 0 saturated heterocycles. The van der Waals surface area contributed by atoms with E-state index in [1.165, 1.54) is 12.1 Å². The Morgan fingerprint density at radius 1 is 1.47 bits per heavy atom. The molecule has 1 aliphatic rings. The molecule has 0 heterocycles. The number of rotatable bonds is 2. The summed E-state index contributed by atoms with van der Waals surface area (Å²) in [4.78, 5) is 14.2. The van der Waals surface area contributed by atoms with E-state index in [0.717, 1.165) is 24.8 Å². The normalized spacial score (nSPS) is 17.7. The Balaban J connectivity index is 2.43. The van der Waals surface area contributed by atoms with Crippen molar-refractivity contribution in [1.29, 1.82) is 0 Å². The van der Waals surface area contributed by atoms with Gasteiger partial charge in [0.1, 0.15) is 5.82 Å². The van der Waals surface area contributed by atoms with E-state index in [2.05, 4.69) is 4.99 Å². The third-order valence-corrected chi connectivity index (χ3v) is 3.19. The summed E-state index contributed by atoms with van der Waals surface area (Å²) in [6, 6.07) is 4.47. The smallest absolute Gasteiger partial charge is 0.211 e. The monoisotopic (exact) mass is 225 g/mol. The van der Waals surface area contributed by atoms with Crippen LogP contribution < -0.4 is 0 Å². The van der Waals surface area contributed by atoms with Gasteiger partial charge in [0.25, 0.3) is 0 Å². The molecule has 15 heavy (non-hydrogen) atoms.